The van der Waals surface area contributed by atoms with E-state index in [9.17, 15) is 4.79 Å². The lowest BCUT2D eigenvalue weighted by atomic mass is 9.88. The first-order valence-electron chi connectivity index (χ1n) is 5.91. The molecule has 1 amide bonds. The minimum atomic E-state index is -0.228. The Balaban J connectivity index is 2.50. The highest BCUT2D eigenvalue weighted by molar-refractivity contribution is 5.82. The van der Waals surface area contributed by atoms with Crippen LogP contribution in [-0.2, 0) is 4.79 Å². The van der Waals surface area contributed by atoms with Crippen LogP contribution < -0.4 is 0 Å². The molecule has 0 radical (unpaired) electrons. The largest absolute Gasteiger partial charge is 0.396 e. The van der Waals surface area contributed by atoms with Gasteiger partial charge < -0.3 is 10.0 Å². The second-order valence-corrected chi connectivity index (χ2v) is 5.16. The van der Waals surface area contributed by atoms with Gasteiger partial charge in [-0.3, -0.25) is 4.79 Å². The molecule has 3 nitrogen and oxygen atoms in total. The molecule has 0 aromatic rings. The molecule has 3 heteroatoms. The number of hydrogen-bond donors (Lipinski definition) is 1. The Bertz CT molecular complexity index is 226. The maximum Gasteiger partial charge on any atom is 0.228 e. The highest BCUT2D eigenvalue weighted by Crippen LogP contribution is 2.27. The van der Waals surface area contributed by atoms with Crippen LogP contribution in [0.4, 0.5) is 0 Å². The summed E-state index contributed by atoms with van der Waals surface area (Å²) in [4.78, 5) is 14.1. The molecule has 1 aliphatic heterocycles. The Morgan fingerprint density at radius 3 is 2.73 bits per heavy atom. The lowest BCUT2D eigenvalue weighted by Gasteiger charge is -2.28. The molecule has 15 heavy (non-hydrogen) atoms. The van der Waals surface area contributed by atoms with Gasteiger partial charge in [0.2, 0.25) is 5.91 Å². The lowest BCUT2D eigenvalue weighted by molar-refractivity contribution is -0.139. The Labute approximate surface area is 92.5 Å². The molecule has 1 fully saturated rings. The molecule has 1 heterocycles. The monoisotopic (exact) mass is 213 g/mol. The minimum absolute atomic E-state index is 0.228. The maximum absolute atomic E-state index is 12.1. The minimum Gasteiger partial charge on any atom is -0.396 e. The van der Waals surface area contributed by atoms with E-state index in [1.807, 2.05) is 18.7 Å². The van der Waals surface area contributed by atoms with E-state index in [0.29, 0.717) is 5.92 Å². The van der Waals surface area contributed by atoms with Gasteiger partial charge in [0.05, 0.1) is 0 Å². The highest BCUT2D eigenvalue weighted by atomic mass is 16.3. The third kappa shape index (κ3) is 2.94. The van der Waals surface area contributed by atoms with E-state index in [1.54, 1.807) is 0 Å². The Hall–Kier alpha value is -0.570. The van der Waals surface area contributed by atoms with Gasteiger partial charge in [0.1, 0.15) is 0 Å². The SMILES string of the molecule is CCC(C)(C)C(=O)N1CCC(CCO)C1. The third-order valence-electron chi connectivity index (χ3n) is 3.57. The fraction of sp³-hybridized carbons (Fsp3) is 0.917. The van der Waals surface area contributed by atoms with Crippen LogP contribution in [0.15, 0.2) is 0 Å². The molecule has 0 aliphatic carbocycles. The van der Waals surface area contributed by atoms with Crippen LogP contribution in [0, 0.1) is 11.3 Å². The van der Waals surface area contributed by atoms with E-state index in [2.05, 4.69) is 6.92 Å². The molecule has 0 saturated carbocycles. The fourth-order valence-electron chi connectivity index (χ4n) is 2.01. The van der Waals surface area contributed by atoms with Crippen molar-refractivity contribution in [3.8, 4) is 0 Å². The van der Waals surface area contributed by atoms with Crippen LogP contribution in [0.1, 0.15) is 40.0 Å². The van der Waals surface area contributed by atoms with Crippen LogP contribution in [0.2, 0.25) is 0 Å². The van der Waals surface area contributed by atoms with Crippen molar-refractivity contribution >= 4 is 5.91 Å². The van der Waals surface area contributed by atoms with Gasteiger partial charge in [-0.05, 0) is 25.2 Å². The van der Waals surface area contributed by atoms with Gasteiger partial charge in [0.15, 0.2) is 0 Å². The van der Waals surface area contributed by atoms with E-state index in [0.717, 1.165) is 32.4 Å². The summed E-state index contributed by atoms with van der Waals surface area (Å²) in [7, 11) is 0. The summed E-state index contributed by atoms with van der Waals surface area (Å²) in [6.45, 7) is 8.02. The first kappa shape index (κ1) is 12.5. The summed E-state index contributed by atoms with van der Waals surface area (Å²) in [5, 5.41) is 8.85. The van der Waals surface area contributed by atoms with Crippen molar-refractivity contribution in [1.82, 2.24) is 4.90 Å². The summed E-state index contributed by atoms with van der Waals surface area (Å²) >= 11 is 0. The number of hydrogen-bond acceptors (Lipinski definition) is 2. The number of aliphatic hydroxyl groups excluding tert-OH is 1. The number of amides is 1. The molecule has 1 aliphatic rings. The molecule has 1 atom stereocenters. The molecule has 0 aromatic heterocycles. The Morgan fingerprint density at radius 1 is 1.53 bits per heavy atom. The molecule has 0 spiro atoms. The van der Waals surface area contributed by atoms with Gasteiger partial charge in [-0.2, -0.15) is 0 Å². The van der Waals surface area contributed by atoms with Crippen LogP contribution in [0.5, 0.6) is 0 Å². The summed E-state index contributed by atoms with van der Waals surface area (Å²) in [5.41, 5.74) is -0.228. The van der Waals surface area contributed by atoms with Crippen molar-refractivity contribution in [2.45, 2.75) is 40.0 Å². The maximum atomic E-state index is 12.1. The van der Waals surface area contributed by atoms with Crippen molar-refractivity contribution in [1.29, 1.82) is 0 Å². The zero-order chi connectivity index (χ0) is 11.5. The van der Waals surface area contributed by atoms with Crippen molar-refractivity contribution in [2.24, 2.45) is 11.3 Å². The van der Waals surface area contributed by atoms with Gasteiger partial charge >= 0.3 is 0 Å². The van der Waals surface area contributed by atoms with Crippen LogP contribution in [0.25, 0.3) is 0 Å². The summed E-state index contributed by atoms with van der Waals surface area (Å²) < 4.78 is 0. The molecule has 0 aromatic carbocycles. The summed E-state index contributed by atoms with van der Waals surface area (Å²) in [5.74, 6) is 0.775. The Kier molecular flexibility index (Phi) is 4.14. The van der Waals surface area contributed by atoms with Crippen LogP contribution in [-0.4, -0.2) is 35.6 Å². The summed E-state index contributed by atoms with van der Waals surface area (Å²) in [6, 6.07) is 0. The van der Waals surface area contributed by atoms with Crippen molar-refractivity contribution < 1.29 is 9.90 Å². The second-order valence-electron chi connectivity index (χ2n) is 5.16. The molecular formula is C12H23NO2. The normalized spacial score (nSPS) is 22.1. The molecular weight excluding hydrogens is 190 g/mol. The first-order chi connectivity index (χ1) is 7.01. The average molecular weight is 213 g/mol. The van der Waals surface area contributed by atoms with E-state index < -0.39 is 0 Å². The number of aliphatic hydroxyl groups is 1. The highest BCUT2D eigenvalue weighted by Gasteiger charge is 2.34. The molecule has 1 rings (SSSR count). The number of rotatable bonds is 4. The van der Waals surface area contributed by atoms with Gasteiger partial charge in [0.25, 0.3) is 0 Å². The van der Waals surface area contributed by atoms with Gasteiger partial charge in [0, 0.05) is 25.1 Å². The van der Waals surface area contributed by atoms with Crippen LogP contribution in [0.3, 0.4) is 0 Å². The third-order valence-corrected chi connectivity index (χ3v) is 3.57. The Morgan fingerprint density at radius 2 is 2.20 bits per heavy atom. The molecule has 0 bridgehead atoms. The molecule has 88 valence electrons. The number of carbonyl (C=O) groups is 1. The summed E-state index contributed by atoms with van der Waals surface area (Å²) in [6.07, 6.45) is 2.76. The number of carbonyl (C=O) groups excluding carboxylic acids is 1. The number of likely N-dealkylation sites (tertiary alicyclic amines) is 1. The van der Waals surface area contributed by atoms with Crippen LogP contribution >= 0.6 is 0 Å². The van der Waals surface area contributed by atoms with E-state index in [-0.39, 0.29) is 17.9 Å². The van der Waals surface area contributed by atoms with Crippen molar-refractivity contribution in [3.05, 3.63) is 0 Å². The van der Waals surface area contributed by atoms with E-state index in [1.165, 1.54) is 0 Å². The lowest BCUT2D eigenvalue weighted by Crippen LogP contribution is -2.39. The van der Waals surface area contributed by atoms with Crippen molar-refractivity contribution in [3.63, 3.8) is 0 Å². The van der Waals surface area contributed by atoms with Gasteiger partial charge in [-0.15, -0.1) is 0 Å². The van der Waals surface area contributed by atoms with Gasteiger partial charge in [-0.1, -0.05) is 20.8 Å². The quantitative estimate of drug-likeness (QED) is 0.771. The second kappa shape index (κ2) is 4.97. The average Bonchev–Trinajstić information content (AvgIpc) is 2.66. The standard InChI is InChI=1S/C12H23NO2/c1-4-12(2,3)11(15)13-7-5-10(9-13)6-8-14/h10,14H,4-9H2,1-3H3. The first-order valence-corrected chi connectivity index (χ1v) is 5.91. The predicted octanol–water partition coefficient (Wildman–Crippen LogP) is 1.65. The topological polar surface area (TPSA) is 40.5 Å². The smallest absolute Gasteiger partial charge is 0.228 e. The molecule has 1 saturated heterocycles. The van der Waals surface area contributed by atoms with E-state index >= 15 is 0 Å². The molecule has 1 unspecified atom stereocenters. The number of nitrogens with zero attached hydrogens (tertiary/aromatic N) is 1. The fourth-order valence-corrected chi connectivity index (χ4v) is 2.01. The van der Waals surface area contributed by atoms with Gasteiger partial charge in [-0.25, -0.2) is 0 Å². The zero-order valence-corrected chi connectivity index (χ0v) is 10.1. The molecule has 1 N–H and O–H groups in total. The predicted molar refractivity (Wildman–Crippen MR) is 60.5 cm³/mol. The van der Waals surface area contributed by atoms with Crippen molar-refractivity contribution in [2.75, 3.05) is 19.7 Å². The zero-order valence-electron chi connectivity index (χ0n) is 10.1. The van der Waals surface area contributed by atoms with E-state index in [4.69, 9.17) is 5.11 Å².